The van der Waals surface area contributed by atoms with Crippen molar-refractivity contribution in [3.05, 3.63) is 74.3 Å². The topological polar surface area (TPSA) is 111 Å². The van der Waals surface area contributed by atoms with E-state index >= 15 is 0 Å². The zero-order valence-corrected chi connectivity index (χ0v) is 16.2. The molecule has 0 aliphatic carbocycles. The van der Waals surface area contributed by atoms with Crippen LogP contribution >= 0.6 is 22.7 Å². The van der Waals surface area contributed by atoms with Crippen molar-refractivity contribution in [1.82, 2.24) is 4.98 Å². The first kappa shape index (κ1) is 20.3. The number of nitro groups is 1. The van der Waals surface area contributed by atoms with Gasteiger partial charge in [-0.15, -0.1) is 11.3 Å². The lowest BCUT2D eigenvalue weighted by Crippen LogP contribution is -2.21. The number of carbonyl (C=O) groups is 2. The highest BCUT2D eigenvalue weighted by Gasteiger charge is 2.18. The van der Waals surface area contributed by atoms with Crippen LogP contribution in [0.5, 0.6) is 0 Å². The number of nitrogens with zero attached hydrogens (tertiary/aromatic N) is 2. The van der Waals surface area contributed by atoms with Gasteiger partial charge >= 0.3 is 11.0 Å². The van der Waals surface area contributed by atoms with Crippen molar-refractivity contribution in [2.24, 2.45) is 0 Å². The predicted molar refractivity (Wildman–Crippen MR) is 107 cm³/mol. The Morgan fingerprint density at radius 3 is 2.66 bits per heavy atom. The third-order valence-corrected chi connectivity index (χ3v) is 5.21. The summed E-state index contributed by atoms with van der Waals surface area (Å²) in [6.07, 6.45) is 2.56. The molecule has 0 atom stereocenters. The van der Waals surface area contributed by atoms with E-state index in [0.717, 1.165) is 6.20 Å². The Morgan fingerprint density at radius 2 is 2.03 bits per heavy atom. The summed E-state index contributed by atoms with van der Waals surface area (Å²) in [5, 5.41) is 14.6. The van der Waals surface area contributed by atoms with Gasteiger partial charge in [-0.3, -0.25) is 20.2 Å². The van der Waals surface area contributed by atoms with E-state index < -0.39 is 29.2 Å². The minimum Gasteiger partial charge on any atom is -0.452 e. The first-order valence-electron chi connectivity index (χ1n) is 8.00. The molecule has 3 aromatic rings. The average Bonchev–Trinajstić information content (AvgIpc) is 3.38. The van der Waals surface area contributed by atoms with E-state index in [4.69, 9.17) is 4.74 Å². The number of thiophene rings is 1. The Kier molecular flexibility index (Phi) is 6.42. The molecular weight excluding hydrogens is 421 g/mol. The van der Waals surface area contributed by atoms with Crippen molar-refractivity contribution in [2.75, 3.05) is 11.9 Å². The van der Waals surface area contributed by atoms with E-state index in [1.54, 1.807) is 17.5 Å². The number of hydrogen-bond acceptors (Lipinski definition) is 8. The number of amides is 1. The zero-order valence-electron chi connectivity index (χ0n) is 14.5. The normalized spacial score (nSPS) is 11.1. The van der Waals surface area contributed by atoms with Crippen LogP contribution in [0.4, 0.5) is 14.5 Å². The van der Waals surface area contributed by atoms with Gasteiger partial charge in [0, 0.05) is 4.88 Å². The quantitative estimate of drug-likeness (QED) is 0.261. The Labute approximate surface area is 171 Å². The average molecular weight is 433 g/mol. The summed E-state index contributed by atoms with van der Waals surface area (Å²) in [5.41, 5.74) is 0.801. The molecule has 3 rings (SSSR count). The van der Waals surface area contributed by atoms with Gasteiger partial charge in [0.25, 0.3) is 5.91 Å². The Bertz CT molecular complexity index is 1060. The molecule has 0 radical (unpaired) electrons. The van der Waals surface area contributed by atoms with Crippen molar-refractivity contribution in [3.63, 3.8) is 0 Å². The number of thiazole rings is 1. The van der Waals surface area contributed by atoms with Crippen molar-refractivity contribution in [2.45, 2.75) is 0 Å². The van der Waals surface area contributed by atoms with E-state index in [9.17, 15) is 24.1 Å². The second-order valence-electron chi connectivity index (χ2n) is 5.47. The standard InChI is InChI=1S/C18H12FN3O5S2/c19-12-5-3-11(4-6-12)8-13(14-2-1-7-28-14)17(24)27-10-15(23)21-18-20-9-16(29-18)22(25)26/h1-9H,10H2,(H,20,21,23). The van der Waals surface area contributed by atoms with Crippen LogP contribution in [0, 0.1) is 15.9 Å². The molecule has 2 heterocycles. The third-order valence-electron chi connectivity index (χ3n) is 3.44. The molecule has 0 spiro atoms. The Morgan fingerprint density at radius 1 is 1.28 bits per heavy atom. The molecule has 0 saturated carbocycles. The summed E-state index contributed by atoms with van der Waals surface area (Å²) in [6, 6.07) is 9.04. The number of benzene rings is 1. The zero-order chi connectivity index (χ0) is 20.8. The summed E-state index contributed by atoms with van der Waals surface area (Å²) in [7, 11) is 0. The number of aromatic nitrogens is 1. The number of halogens is 1. The van der Waals surface area contributed by atoms with Gasteiger partial charge in [0.15, 0.2) is 11.7 Å². The first-order valence-corrected chi connectivity index (χ1v) is 9.70. The lowest BCUT2D eigenvalue weighted by molar-refractivity contribution is -0.380. The molecule has 0 unspecified atom stereocenters. The highest BCUT2D eigenvalue weighted by atomic mass is 32.1. The summed E-state index contributed by atoms with van der Waals surface area (Å²) in [4.78, 5) is 38.8. The van der Waals surface area contributed by atoms with Gasteiger partial charge in [0.05, 0.1) is 10.5 Å². The van der Waals surface area contributed by atoms with E-state index in [-0.39, 0.29) is 15.7 Å². The van der Waals surface area contributed by atoms with E-state index in [0.29, 0.717) is 21.8 Å². The summed E-state index contributed by atoms with van der Waals surface area (Å²) in [5.74, 6) is -1.83. The van der Waals surface area contributed by atoms with E-state index in [1.807, 2.05) is 0 Å². The summed E-state index contributed by atoms with van der Waals surface area (Å²) in [6.45, 7) is -0.599. The number of rotatable bonds is 7. The molecule has 8 nitrogen and oxygen atoms in total. The molecular formula is C18H12FN3O5S2. The van der Waals surface area contributed by atoms with Gasteiger partial charge in [-0.1, -0.05) is 18.2 Å². The smallest absolute Gasteiger partial charge is 0.345 e. The summed E-state index contributed by atoms with van der Waals surface area (Å²) >= 11 is 2.00. The second kappa shape index (κ2) is 9.17. The molecule has 29 heavy (non-hydrogen) atoms. The van der Waals surface area contributed by atoms with Crippen LogP contribution in [-0.2, 0) is 14.3 Å². The van der Waals surface area contributed by atoms with Gasteiger partial charge in [-0.05, 0) is 46.6 Å². The van der Waals surface area contributed by atoms with Crippen LogP contribution in [0.15, 0.2) is 48.0 Å². The fourth-order valence-electron chi connectivity index (χ4n) is 2.16. The predicted octanol–water partition coefficient (Wildman–Crippen LogP) is 3.97. The Hall–Kier alpha value is -3.44. The third kappa shape index (κ3) is 5.53. The van der Waals surface area contributed by atoms with Crippen LogP contribution < -0.4 is 5.32 Å². The fourth-order valence-corrected chi connectivity index (χ4v) is 3.54. The maximum Gasteiger partial charge on any atom is 0.345 e. The van der Waals surface area contributed by atoms with Crippen molar-refractivity contribution in [1.29, 1.82) is 0 Å². The lowest BCUT2D eigenvalue weighted by Gasteiger charge is -2.07. The van der Waals surface area contributed by atoms with Gasteiger partial charge in [-0.25, -0.2) is 14.2 Å². The molecule has 0 aliphatic heterocycles. The minimum atomic E-state index is -0.739. The number of esters is 1. The van der Waals surface area contributed by atoms with Crippen LogP contribution in [0.2, 0.25) is 0 Å². The minimum absolute atomic E-state index is 0.0260. The number of hydrogen-bond donors (Lipinski definition) is 1. The molecule has 0 aliphatic rings. The van der Waals surface area contributed by atoms with Crippen LogP contribution in [0.25, 0.3) is 11.6 Å². The number of anilines is 1. The van der Waals surface area contributed by atoms with Crippen molar-refractivity contribution < 1.29 is 23.6 Å². The van der Waals surface area contributed by atoms with E-state index in [2.05, 4.69) is 10.3 Å². The van der Waals surface area contributed by atoms with Gasteiger partial charge in [-0.2, -0.15) is 0 Å². The number of carbonyl (C=O) groups excluding carboxylic acids is 2. The molecule has 148 valence electrons. The molecule has 11 heteroatoms. The fraction of sp³-hybridized carbons (Fsp3) is 0.0556. The molecule has 0 saturated heterocycles. The molecule has 0 fully saturated rings. The van der Waals surface area contributed by atoms with Gasteiger partial charge in [0.2, 0.25) is 0 Å². The number of nitrogens with one attached hydrogen (secondary N) is 1. The first-order chi connectivity index (χ1) is 13.9. The SMILES string of the molecule is O=C(COC(=O)C(=Cc1ccc(F)cc1)c1cccs1)Nc1ncc([N+](=O)[O-])s1. The maximum absolute atomic E-state index is 13.1. The van der Waals surface area contributed by atoms with Crippen molar-refractivity contribution >= 4 is 56.3 Å². The Balaban J connectivity index is 1.67. The van der Waals surface area contributed by atoms with Gasteiger partial charge < -0.3 is 4.74 Å². The molecule has 1 amide bonds. The van der Waals surface area contributed by atoms with Crippen LogP contribution in [0.3, 0.4) is 0 Å². The largest absolute Gasteiger partial charge is 0.452 e. The van der Waals surface area contributed by atoms with Crippen LogP contribution in [-0.4, -0.2) is 28.4 Å². The summed E-state index contributed by atoms with van der Waals surface area (Å²) < 4.78 is 18.2. The van der Waals surface area contributed by atoms with E-state index in [1.165, 1.54) is 41.7 Å². The van der Waals surface area contributed by atoms with Crippen LogP contribution in [0.1, 0.15) is 10.4 Å². The highest BCUT2D eigenvalue weighted by molar-refractivity contribution is 7.18. The monoisotopic (exact) mass is 433 g/mol. The maximum atomic E-state index is 13.1. The molecule has 1 aromatic carbocycles. The second-order valence-corrected chi connectivity index (χ2v) is 7.43. The molecule has 0 bridgehead atoms. The van der Waals surface area contributed by atoms with Crippen molar-refractivity contribution in [3.8, 4) is 0 Å². The molecule has 1 N–H and O–H groups in total. The highest BCUT2D eigenvalue weighted by Crippen LogP contribution is 2.26. The molecule has 2 aromatic heterocycles. The lowest BCUT2D eigenvalue weighted by atomic mass is 10.1. The number of ether oxygens (including phenoxy) is 1. The van der Waals surface area contributed by atoms with Gasteiger partial charge in [0.1, 0.15) is 12.0 Å².